The molecule has 0 aromatic heterocycles. The van der Waals surface area contributed by atoms with E-state index in [1.54, 1.807) is 0 Å². The molecule has 0 radical (unpaired) electrons. The summed E-state index contributed by atoms with van der Waals surface area (Å²) in [7, 11) is 0. The van der Waals surface area contributed by atoms with Crippen molar-refractivity contribution in [3.63, 3.8) is 0 Å². The minimum Gasteiger partial charge on any atom is -0.369 e. The van der Waals surface area contributed by atoms with Gasteiger partial charge in [-0.05, 0) is 0 Å². The zero-order chi connectivity index (χ0) is 12.6. The van der Waals surface area contributed by atoms with Gasteiger partial charge in [0.2, 0.25) is 11.8 Å². The fourth-order valence-electron chi connectivity index (χ4n) is 0.963. The summed E-state index contributed by atoms with van der Waals surface area (Å²) in [6, 6.07) is 0. The van der Waals surface area contributed by atoms with Crippen LogP contribution in [0.4, 0.5) is 0 Å². The molecule has 0 fully saturated rings. The number of amides is 2. The van der Waals surface area contributed by atoms with Crippen LogP contribution in [-0.2, 0) is 19.2 Å². The Morgan fingerprint density at radius 2 is 1.06 bits per heavy atom. The molecule has 2 amide bonds. The summed E-state index contributed by atoms with van der Waals surface area (Å²) in [5.41, 5.74) is 9.62. The molecule has 0 aliphatic carbocycles. The highest BCUT2D eigenvalue weighted by atomic mass is 16.2. The molecule has 0 aliphatic heterocycles. The molecule has 4 N–H and O–H groups in total. The second kappa shape index (κ2) is 7.33. The highest BCUT2D eigenvalue weighted by molar-refractivity contribution is 5.98. The van der Waals surface area contributed by atoms with Gasteiger partial charge in [0.15, 0.2) is 0 Å². The zero-order valence-corrected chi connectivity index (χ0v) is 8.77. The fourth-order valence-corrected chi connectivity index (χ4v) is 0.963. The van der Waals surface area contributed by atoms with Gasteiger partial charge in [0, 0.05) is 12.8 Å². The fraction of sp³-hybridized carbons (Fsp3) is 0.400. The van der Waals surface area contributed by atoms with Crippen molar-refractivity contribution in [1.29, 1.82) is 0 Å². The van der Waals surface area contributed by atoms with Crippen molar-refractivity contribution >= 4 is 23.4 Å². The van der Waals surface area contributed by atoms with E-state index in [4.69, 9.17) is 11.5 Å². The summed E-state index contributed by atoms with van der Waals surface area (Å²) in [5.74, 6) is -1.98. The quantitative estimate of drug-likeness (QED) is 0.416. The number of carbonyl (C=O) groups excluding carboxylic acids is 4. The molecule has 0 rings (SSSR count). The summed E-state index contributed by atoms with van der Waals surface area (Å²) in [6.07, 6.45) is 2.41. The smallest absolute Gasteiger partial charge is 0.224 e. The molecule has 0 saturated carbocycles. The van der Waals surface area contributed by atoms with E-state index >= 15 is 0 Å². The highest BCUT2D eigenvalue weighted by Gasteiger charge is 2.05. The highest BCUT2D eigenvalue weighted by Crippen LogP contribution is 1.95. The van der Waals surface area contributed by atoms with Gasteiger partial charge in [0.05, 0.1) is 12.8 Å². The van der Waals surface area contributed by atoms with E-state index in [0.29, 0.717) is 0 Å². The molecule has 0 bridgehead atoms. The molecule has 0 heterocycles. The van der Waals surface area contributed by atoms with Crippen LogP contribution in [0.25, 0.3) is 0 Å². The number of hydrogen-bond donors (Lipinski definition) is 2. The van der Waals surface area contributed by atoms with Crippen molar-refractivity contribution in [3.05, 3.63) is 12.2 Å². The molecule has 0 aliphatic rings. The van der Waals surface area contributed by atoms with E-state index < -0.39 is 11.8 Å². The number of rotatable bonds is 8. The van der Waals surface area contributed by atoms with E-state index in [0.717, 1.165) is 0 Å². The maximum atomic E-state index is 11.0. The number of Topliss-reactive ketones (excluding diaryl/α,β-unsaturated/α-hetero) is 2. The van der Waals surface area contributed by atoms with Gasteiger partial charge >= 0.3 is 0 Å². The molecule has 0 aromatic carbocycles. The van der Waals surface area contributed by atoms with E-state index in [1.165, 1.54) is 12.2 Å². The van der Waals surface area contributed by atoms with E-state index in [1.807, 2.05) is 0 Å². The van der Waals surface area contributed by atoms with Gasteiger partial charge in [0.25, 0.3) is 0 Å². The minimum atomic E-state index is -0.678. The summed E-state index contributed by atoms with van der Waals surface area (Å²) >= 11 is 0. The number of carbonyl (C=O) groups is 4. The van der Waals surface area contributed by atoms with Crippen LogP contribution in [0.15, 0.2) is 12.2 Å². The third-order valence-corrected chi connectivity index (χ3v) is 1.60. The summed E-state index contributed by atoms with van der Waals surface area (Å²) in [4.78, 5) is 42.6. The third kappa shape index (κ3) is 8.61. The van der Waals surface area contributed by atoms with Crippen LogP contribution in [0.2, 0.25) is 0 Å². The molecule has 16 heavy (non-hydrogen) atoms. The van der Waals surface area contributed by atoms with E-state index in [2.05, 4.69) is 0 Å². The SMILES string of the molecule is NC(=O)CC(=O)C/C=C/CC(=O)CC(N)=O. The Morgan fingerprint density at radius 3 is 1.31 bits per heavy atom. The van der Waals surface area contributed by atoms with Crippen molar-refractivity contribution in [3.8, 4) is 0 Å². The van der Waals surface area contributed by atoms with Crippen LogP contribution in [0.3, 0.4) is 0 Å². The second-order valence-corrected chi connectivity index (χ2v) is 3.24. The number of allylic oxidation sites excluding steroid dienone is 2. The molecule has 0 spiro atoms. The minimum absolute atomic E-state index is 0.0484. The molecule has 6 heteroatoms. The van der Waals surface area contributed by atoms with Crippen molar-refractivity contribution in [2.75, 3.05) is 0 Å². The summed E-state index contributed by atoms with van der Waals surface area (Å²) < 4.78 is 0. The van der Waals surface area contributed by atoms with Gasteiger partial charge < -0.3 is 11.5 Å². The average molecular weight is 226 g/mol. The van der Waals surface area contributed by atoms with Gasteiger partial charge in [-0.2, -0.15) is 0 Å². The number of nitrogens with two attached hydrogens (primary N) is 2. The number of hydrogen-bond acceptors (Lipinski definition) is 4. The molecular formula is C10H14N2O4. The Bertz CT molecular complexity index is 302. The Kier molecular flexibility index (Phi) is 6.42. The Morgan fingerprint density at radius 1 is 0.750 bits per heavy atom. The Balaban J connectivity index is 3.77. The topological polar surface area (TPSA) is 120 Å². The summed E-state index contributed by atoms with van der Waals surface area (Å²) in [6.45, 7) is 0. The molecule has 88 valence electrons. The monoisotopic (exact) mass is 226 g/mol. The second-order valence-electron chi connectivity index (χ2n) is 3.24. The van der Waals surface area contributed by atoms with Crippen LogP contribution < -0.4 is 11.5 Å². The van der Waals surface area contributed by atoms with Gasteiger partial charge in [-0.15, -0.1) is 0 Å². The van der Waals surface area contributed by atoms with Gasteiger partial charge in [-0.25, -0.2) is 0 Å². The van der Waals surface area contributed by atoms with Gasteiger partial charge in [0.1, 0.15) is 11.6 Å². The molecule has 6 nitrogen and oxygen atoms in total. The van der Waals surface area contributed by atoms with Crippen LogP contribution in [0.5, 0.6) is 0 Å². The predicted octanol–water partition coefficient (Wildman–Crippen LogP) is -0.788. The summed E-state index contributed by atoms with van der Waals surface area (Å²) in [5, 5.41) is 0. The molecule has 0 saturated heterocycles. The van der Waals surface area contributed by atoms with Crippen LogP contribution >= 0.6 is 0 Å². The lowest BCUT2D eigenvalue weighted by Gasteiger charge is -1.93. The first-order chi connectivity index (χ1) is 7.41. The molecule has 0 aromatic rings. The first-order valence-electron chi connectivity index (χ1n) is 4.66. The molecular weight excluding hydrogens is 212 g/mol. The average Bonchev–Trinajstić information content (AvgIpc) is 2.10. The van der Waals surface area contributed by atoms with Crippen LogP contribution in [-0.4, -0.2) is 23.4 Å². The number of ketones is 2. The Labute approximate surface area is 92.7 Å². The lowest BCUT2D eigenvalue weighted by Crippen LogP contribution is -2.16. The third-order valence-electron chi connectivity index (χ3n) is 1.60. The van der Waals surface area contributed by atoms with Crippen molar-refractivity contribution in [1.82, 2.24) is 0 Å². The zero-order valence-electron chi connectivity index (χ0n) is 8.77. The van der Waals surface area contributed by atoms with Crippen molar-refractivity contribution < 1.29 is 19.2 Å². The van der Waals surface area contributed by atoms with Crippen LogP contribution in [0, 0.1) is 0 Å². The maximum absolute atomic E-state index is 11.0. The predicted molar refractivity (Wildman–Crippen MR) is 56.0 cm³/mol. The van der Waals surface area contributed by atoms with Gasteiger partial charge in [-0.1, -0.05) is 12.2 Å². The maximum Gasteiger partial charge on any atom is 0.224 e. The molecule has 0 unspecified atom stereocenters. The van der Waals surface area contributed by atoms with E-state index in [9.17, 15) is 19.2 Å². The lowest BCUT2D eigenvalue weighted by atomic mass is 10.1. The molecule has 0 atom stereocenters. The van der Waals surface area contributed by atoms with E-state index in [-0.39, 0.29) is 37.2 Å². The largest absolute Gasteiger partial charge is 0.369 e. The lowest BCUT2D eigenvalue weighted by molar-refractivity contribution is -0.127. The first kappa shape index (κ1) is 14.0. The standard InChI is InChI=1S/C10H14N2O4/c11-9(15)5-7(13)3-1-2-4-8(14)6-10(12)16/h1-2H,3-6H2,(H2,11,15)(H2,12,16)/b2-1+. The Hall–Kier alpha value is -1.98. The first-order valence-corrected chi connectivity index (χ1v) is 4.66. The van der Waals surface area contributed by atoms with Crippen molar-refractivity contribution in [2.24, 2.45) is 11.5 Å². The van der Waals surface area contributed by atoms with Gasteiger partial charge in [-0.3, -0.25) is 19.2 Å². The normalized spacial score (nSPS) is 10.2. The number of primary amides is 2. The van der Waals surface area contributed by atoms with Crippen LogP contribution in [0.1, 0.15) is 25.7 Å². The van der Waals surface area contributed by atoms with Crippen molar-refractivity contribution in [2.45, 2.75) is 25.7 Å².